The molecule has 2 aromatic carbocycles. The normalized spacial score (nSPS) is 18.7. The molecule has 2 saturated heterocycles. The number of hydrogen-bond acceptors (Lipinski definition) is 5. The predicted octanol–water partition coefficient (Wildman–Crippen LogP) is 3.00. The summed E-state index contributed by atoms with van der Waals surface area (Å²) in [6.45, 7) is 4.03. The molecule has 1 atom stereocenters. The Balaban J connectivity index is 1.43. The fourth-order valence-electron chi connectivity index (χ4n) is 4.51. The SMILES string of the molecule is Cc1cc(C(=O)N2CCCC2C(=O)N2CCN(c3ccccc3F)CC2)ccc1[N+](=O)[O-]. The highest BCUT2D eigenvalue weighted by molar-refractivity contribution is 5.98. The van der Waals surface area contributed by atoms with E-state index in [2.05, 4.69) is 0 Å². The number of aryl methyl sites for hydroxylation is 1. The van der Waals surface area contributed by atoms with Crippen molar-refractivity contribution in [3.8, 4) is 0 Å². The largest absolute Gasteiger partial charge is 0.366 e. The number of nitro groups is 1. The van der Waals surface area contributed by atoms with Crippen LogP contribution in [-0.2, 0) is 4.79 Å². The van der Waals surface area contributed by atoms with Crippen molar-refractivity contribution in [2.75, 3.05) is 37.6 Å². The Kier molecular flexibility index (Phi) is 6.07. The number of piperazine rings is 1. The molecular formula is C23H25FN4O4. The average molecular weight is 440 g/mol. The van der Waals surface area contributed by atoms with Crippen LogP contribution in [0, 0.1) is 22.9 Å². The molecule has 0 saturated carbocycles. The molecule has 2 aromatic rings. The third-order valence-electron chi connectivity index (χ3n) is 6.22. The van der Waals surface area contributed by atoms with Crippen molar-refractivity contribution in [3.63, 3.8) is 0 Å². The second kappa shape index (κ2) is 8.94. The Hall–Kier alpha value is -3.49. The Morgan fingerprint density at radius 1 is 1.06 bits per heavy atom. The van der Waals surface area contributed by atoms with Crippen LogP contribution in [0.4, 0.5) is 15.8 Å². The smallest absolute Gasteiger partial charge is 0.272 e. The van der Waals surface area contributed by atoms with Crippen LogP contribution in [0.1, 0.15) is 28.8 Å². The minimum atomic E-state index is -0.544. The summed E-state index contributed by atoms with van der Waals surface area (Å²) in [5, 5.41) is 11.0. The van der Waals surface area contributed by atoms with Gasteiger partial charge in [0.25, 0.3) is 11.6 Å². The van der Waals surface area contributed by atoms with Gasteiger partial charge >= 0.3 is 0 Å². The summed E-state index contributed by atoms with van der Waals surface area (Å²) < 4.78 is 14.1. The number of amides is 2. The highest BCUT2D eigenvalue weighted by Crippen LogP contribution is 2.26. The molecule has 0 N–H and O–H groups in total. The van der Waals surface area contributed by atoms with Crippen LogP contribution in [0.2, 0.25) is 0 Å². The molecule has 168 valence electrons. The molecule has 0 aliphatic carbocycles. The van der Waals surface area contributed by atoms with E-state index in [0.717, 1.165) is 6.42 Å². The predicted molar refractivity (Wildman–Crippen MR) is 117 cm³/mol. The van der Waals surface area contributed by atoms with Gasteiger partial charge in [-0.15, -0.1) is 0 Å². The molecule has 2 heterocycles. The van der Waals surface area contributed by atoms with E-state index >= 15 is 0 Å². The van der Waals surface area contributed by atoms with E-state index in [1.807, 2.05) is 4.90 Å². The summed E-state index contributed by atoms with van der Waals surface area (Å²) in [7, 11) is 0. The fraction of sp³-hybridized carbons (Fsp3) is 0.391. The number of likely N-dealkylation sites (tertiary alicyclic amines) is 1. The van der Waals surface area contributed by atoms with Crippen LogP contribution in [0.15, 0.2) is 42.5 Å². The average Bonchev–Trinajstić information content (AvgIpc) is 3.28. The monoisotopic (exact) mass is 440 g/mol. The second-order valence-corrected chi connectivity index (χ2v) is 8.18. The van der Waals surface area contributed by atoms with E-state index in [1.54, 1.807) is 34.9 Å². The number of para-hydroxylation sites is 1. The maximum Gasteiger partial charge on any atom is 0.272 e. The van der Waals surface area contributed by atoms with Crippen molar-refractivity contribution in [2.45, 2.75) is 25.8 Å². The lowest BCUT2D eigenvalue weighted by molar-refractivity contribution is -0.385. The molecule has 0 radical (unpaired) electrons. The molecule has 2 aliphatic heterocycles. The summed E-state index contributed by atoms with van der Waals surface area (Å²) in [4.78, 5) is 42.1. The van der Waals surface area contributed by atoms with Crippen molar-refractivity contribution in [1.82, 2.24) is 9.80 Å². The van der Waals surface area contributed by atoms with Gasteiger partial charge in [-0.2, -0.15) is 0 Å². The number of carbonyl (C=O) groups excluding carboxylic acids is 2. The summed E-state index contributed by atoms with van der Waals surface area (Å²) >= 11 is 0. The van der Waals surface area contributed by atoms with E-state index in [0.29, 0.717) is 56.0 Å². The van der Waals surface area contributed by atoms with E-state index in [1.165, 1.54) is 24.3 Å². The molecule has 2 amide bonds. The van der Waals surface area contributed by atoms with Gasteiger partial charge in [0.1, 0.15) is 11.9 Å². The topological polar surface area (TPSA) is 87.0 Å². The number of anilines is 1. The third kappa shape index (κ3) is 4.15. The molecule has 1 unspecified atom stereocenters. The van der Waals surface area contributed by atoms with Gasteiger partial charge in [-0.25, -0.2) is 4.39 Å². The third-order valence-corrected chi connectivity index (χ3v) is 6.22. The summed E-state index contributed by atoms with van der Waals surface area (Å²) in [6.07, 6.45) is 1.31. The standard InChI is InChI=1S/C23H25FN4O4/c1-16-15-17(8-9-19(16)28(31)32)22(29)27-10-4-7-21(27)23(30)26-13-11-25(12-14-26)20-6-3-2-5-18(20)24/h2-3,5-6,8-9,15,21H,4,7,10-14H2,1H3. The number of nitrogens with zero attached hydrogens (tertiary/aromatic N) is 4. The van der Waals surface area contributed by atoms with Gasteiger partial charge in [0.15, 0.2) is 0 Å². The van der Waals surface area contributed by atoms with Crippen molar-refractivity contribution in [3.05, 3.63) is 69.5 Å². The van der Waals surface area contributed by atoms with Crippen molar-refractivity contribution >= 4 is 23.2 Å². The lowest BCUT2D eigenvalue weighted by Gasteiger charge is -2.38. The zero-order valence-corrected chi connectivity index (χ0v) is 17.9. The molecule has 2 fully saturated rings. The van der Waals surface area contributed by atoms with Crippen LogP contribution in [0.5, 0.6) is 0 Å². The molecule has 0 spiro atoms. The van der Waals surface area contributed by atoms with Gasteiger partial charge in [-0.1, -0.05) is 12.1 Å². The van der Waals surface area contributed by atoms with Crippen LogP contribution < -0.4 is 4.90 Å². The van der Waals surface area contributed by atoms with E-state index in [9.17, 15) is 24.1 Å². The van der Waals surface area contributed by atoms with Crippen LogP contribution in [0.25, 0.3) is 0 Å². The molecular weight excluding hydrogens is 415 g/mol. The first-order chi connectivity index (χ1) is 15.4. The molecule has 0 aromatic heterocycles. The lowest BCUT2D eigenvalue weighted by atomic mass is 10.1. The number of rotatable bonds is 4. The van der Waals surface area contributed by atoms with E-state index in [4.69, 9.17) is 0 Å². The summed E-state index contributed by atoms with van der Waals surface area (Å²) in [5.74, 6) is -0.662. The number of carbonyl (C=O) groups is 2. The molecule has 32 heavy (non-hydrogen) atoms. The number of benzene rings is 2. The van der Waals surface area contributed by atoms with Gasteiger partial charge in [-0.3, -0.25) is 19.7 Å². The van der Waals surface area contributed by atoms with Crippen LogP contribution >= 0.6 is 0 Å². The first-order valence-corrected chi connectivity index (χ1v) is 10.7. The maximum absolute atomic E-state index is 14.1. The molecule has 0 bridgehead atoms. The Labute approximate surface area is 185 Å². The highest BCUT2D eigenvalue weighted by atomic mass is 19.1. The highest BCUT2D eigenvalue weighted by Gasteiger charge is 2.38. The second-order valence-electron chi connectivity index (χ2n) is 8.18. The van der Waals surface area contributed by atoms with E-state index in [-0.39, 0.29) is 23.3 Å². The Morgan fingerprint density at radius 2 is 1.78 bits per heavy atom. The van der Waals surface area contributed by atoms with Gasteiger partial charge in [0, 0.05) is 49.9 Å². The number of halogens is 1. The molecule has 4 rings (SSSR count). The summed E-state index contributed by atoms with van der Waals surface area (Å²) in [5.41, 5.74) is 1.25. The van der Waals surface area contributed by atoms with Gasteiger partial charge in [-0.05, 0) is 44.0 Å². The first-order valence-electron chi connectivity index (χ1n) is 10.7. The maximum atomic E-state index is 14.1. The van der Waals surface area contributed by atoms with Gasteiger partial charge < -0.3 is 14.7 Å². The fourth-order valence-corrected chi connectivity index (χ4v) is 4.51. The Morgan fingerprint density at radius 3 is 2.44 bits per heavy atom. The first kappa shape index (κ1) is 21.7. The molecule has 8 nitrogen and oxygen atoms in total. The van der Waals surface area contributed by atoms with Crippen LogP contribution in [0.3, 0.4) is 0 Å². The number of hydrogen-bond donors (Lipinski definition) is 0. The minimum absolute atomic E-state index is 0.0386. The van der Waals surface area contributed by atoms with Crippen LogP contribution in [-0.4, -0.2) is 65.3 Å². The summed E-state index contributed by atoms with van der Waals surface area (Å²) in [6, 6.07) is 10.3. The zero-order chi connectivity index (χ0) is 22.8. The van der Waals surface area contributed by atoms with Gasteiger partial charge in [0.05, 0.1) is 10.6 Å². The molecule has 9 heteroatoms. The Bertz CT molecular complexity index is 1050. The quantitative estimate of drug-likeness (QED) is 0.539. The van der Waals surface area contributed by atoms with Crippen molar-refractivity contribution < 1.29 is 18.9 Å². The van der Waals surface area contributed by atoms with E-state index < -0.39 is 11.0 Å². The van der Waals surface area contributed by atoms with Gasteiger partial charge in [0.2, 0.25) is 5.91 Å². The zero-order valence-electron chi connectivity index (χ0n) is 17.9. The molecule has 2 aliphatic rings. The number of nitro benzene ring substituents is 1. The minimum Gasteiger partial charge on any atom is -0.366 e. The lowest BCUT2D eigenvalue weighted by Crippen LogP contribution is -2.54. The van der Waals surface area contributed by atoms with Crippen molar-refractivity contribution in [2.24, 2.45) is 0 Å². The van der Waals surface area contributed by atoms with Crippen molar-refractivity contribution in [1.29, 1.82) is 0 Å².